The lowest BCUT2D eigenvalue weighted by molar-refractivity contribution is -0.113. The van der Waals surface area contributed by atoms with E-state index in [1.807, 2.05) is 18.2 Å². The van der Waals surface area contributed by atoms with Gasteiger partial charge in [-0.2, -0.15) is 5.26 Å². The predicted octanol–water partition coefficient (Wildman–Crippen LogP) is 4.17. The Morgan fingerprint density at radius 3 is 2.50 bits per heavy atom. The second-order valence-electron chi connectivity index (χ2n) is 4.21. The quantitative estimate of drug-likeness (QED) is 0.807. The molecule has 1 N–H and O–H groups in total. The first-order chi connectivity index (χ1) is 10.7. The number of nitrogens with zero attached hydrogens (tertiary/aromatic N) is 1. The van der Waals surface area contributed by atoms with E-state index in [9.17, 15) is 9.18 Å². The zero-order chi connectivity index (χ0) is 15.8. The molecule has 0 atom stereocenters. The fraction of sp³-hybridized carbons (Fsp3) is 0.125. The van der Waals surface area contributed by atoms with Gasteiger partial charge >= 0.3 is 0 Å². The molecule has 0 aromatic heterocycles. The lowest BCUT2D eigenvalue weighted by Crippen LogP contribution is -2.14. The minimum atomic E-state index is -0.328. The molecule has 0 aliphatic rings. The van der Waals surface area contributed by atoms with Crippen molar-refractivity contribution in [2.45, 2.75) is 9.79 Å². The number of halogens is 1. The maximum Gasteiger partial charge on any atom is 0.234 e. The van der Waals surface area contributed by atoms with E-state index in [4.69, 9.17) is 5.26 Å². The first kappa shape index (κ1) is 16.4. The number of anilines is 1. The fourth-order valence-electron chi connectivity index (χ4n) is 1.70. The minimum absolute atomic E-state index is 0.123. The van der Waals surface area contributed by atoms with E-state index in [-0.39, 0.29) is 17.5 Å². The number of hydrogen-bond acceptors (Lipinski definition) is 4. The van der Waals surface area contributed by atoms with E-state index < -0.39 is 0 Å². The number of hydrogen-bond donors (Lipinski definition) is 1. The van der Waals surface area contributed by atoms with E-state index in [1.165, 1.54) is 17.8 Å². The van der Waals surface area contributed by atoms with Crippen molar-refractivity contribution in [3.63, 3.8) is 0 Å². The highest BCUT2D eigenvalue weighted by molar-refractivity contribution is 8.00. The van der Waals surface area contributed by atoms with Gasteiger partial charge in [-0.15, -0.1) is 23.5 Å². The van der Waals surface area contributed by atoms with Gasteiger partial charge < -0.3 is 5.32 Å². The molecule has 0 aliphatic carbocycles. The molecule has 112 valence electrons. The average molecular weight is 332 g/mol. The summed E-state index contributed by atoms with van der Waals surface area (Å²) in [4.78, 5) is 13.3. The van der Waals surface area contributed by atoms with E-state index >= 15 is 0 Å². The van der Waals surface area contributed by atoms with Crippen LogP contribution in [0.15, 0.2) is 58.3 Å². The van der Waals surface area contributed by atoms with Crippen molar-refractivity contribution < 1.29 is 9.18 Å². The number of benzene rings is 2. The SMILES string of the molecule is N#CCSc1ccccc1NC(=O)CSc1ccccc1F. The Bertz CT molecular complexity index is 701. The van der Waals surface area contributed by atoms with Crippen LogP contribution in [0.3, 0.4) is 0 Å². The molecular formula is C16H13FN2OS2. The monoisotopic (exact) mass is 332 g/mol. The maximum atomic E-state index is 13.5. The molecule has 6 heteroatoms. The van der Waals surface area contributed by atoms with E-state index in [0.29, 0.717) is 16.3 Å². The third kappa shape index (κ3) is 4.79. The van der Waals surface area contributed by atoms with E-state index in [1.54, 1.807) is 24.3 Å². The summed E-state index contributed by atoms with van der Waals surface area (Å²) >= 11 is 2.52. The summed E-state index contributed by atoms with van der Waals surface area (Å²) in [5.41, 5.74) is 0.668. The Morgan fingerprint density at radius 1 is 1.09 bits per heavy atom. The van der Waals surface area contributed by atoms with Crippen LogP contribution >= 0.6 is 23.5 Å². The molecule has 0 bridgehead atoms. The van der Waals surface area contributed by atoms with Crippen molar-refractivity contribution in [3.05, 3.63) is 54.3 Å². The number of rotatable bonds is 6. The molecule has 2 aromatic rings. The summed E-state index contributed by atoms with van der Waals surface area (Å²) in [6.45, 7) is 0. The van der Waals surface area contributed by atoms with Crippen LogP contribution in [0.1, 0.15) is 0 Å². The Hall–Kier alpha value is -1.97. The van der Waals surface area contributed by atoms with E-state index in [2.05, 4.69) is 11.4 Å². The van der Waals surface area contributed by atoms with Crippen LogP contribution < -0.4 is 5.32 Å². The normalized spacial score (nSPS) is 10.0. The second kappa shape index (κ2) is 8.47. The molecule has 2 aromatic carbocycles. The van der Waals surface area contributed by atoms with Crippen LogP contribution in [0.25, 0.3) is 0 Å². The number of thioether (sulfide) groups is 2. The van der Waals surface area contributed by atoms with Crippen LogP contribution in [0.4, 0.5) is 10.1 Å². The fourth-order valence-corrected chi connectivity index (χ4v) is 3.11. The lowest BCUT2D eigenvalue weighted by atomic mass is 10.3. The number of carbonyl (C=O) groups excluding carboxylic acids is 1. The number of carbonyl (C=O) groups is 1. The number of amides is 1. The van der Waals surface area contributed by atoms with Crippen molar-refractivity contribution in [3.8, 4) is 6.07 Å². The average Bonchev–Trinajstić information content (AvgIpc) is 2.53. The van der Waals surface area contributed by atoms with Gasteiger partial charge in [0.15, 0.2) is 0 Å². The largest absolute Gasteiger partial charge is 0.324 e. The van der Waals surface area contributed by atoms with Gasteiger partial charge in [-0.25, -0.2) is 4.39 Å². The van der Waals surface area contributed by atoms with Gasteiger partial charge in [0.05, 0.1) is 23.3 Å². The molecule has 22 heavy (non-hydrogen) atoms. The molecule has 2 rings (SSSR count). The summed E-state index contributed by atoms with van der Waals surface area (Å²) in [7, 11) is 0. The van der Waals surface area contributed by atoms with Gasteiger partial charge in [-0.05, 0) is 24.3 Å². The second-order valence-corrected chi connectivity index (χ2v) is 6.24. The third-order valence-corrected chi connectivity index (χ3v) is 4.64. The number of nitriles is 1. The van der Waals surface area contributed by atoms with Crippen LogP contribution in [0.5, 0.6) is 0 Å². The Labute approximate surface area is 136 Å². The summed E-state index contributed by atoms with van der Waals surface area (Å²) < 4.78 is 13.5. The molecule has 1 amide bonds. The Kier molecular flexibility index (Phi) is 6.31. The van der Waals surface area contributed by atoms with Crippen LogP contribution in [-0.2, 0) is 4.79 Å². The van der Waals surface area contributed by atoms with Gasteiger partial charge in [0, 0.05) is 9.79 Å². The zero-order valence-electron chi connectivity index (χ0n) is 11.6. The van der Waals surface area contributed by atoms with Gasteiger partial charge in [0.2, 0.25) is 5.91 Å². The van der Waals surface area contributed by atoms with Crippen molar-refractivity contribution in [1.82, 2.24) is 0 Å². The molecule has 3 nitrogen and oxygen atoms in total. The third-order valence-electron chi connectivity index (χ3n) is 2.65. The molecule has 0 saturated carbocycles. The smallest absolute Gasteiger partial charge is 0.234 e. The molecule has 0 spiro atoms. The zero-order valence-corrected chi connectivity index (χ0v) is 13.2. The molecule has 0 aliphatic heterocycles. The van der Waals surface area contributed by atoms with Crippen LogP contribution in [-0.4, -0.2) is 17.4 Å². The van der Waals surface area contributed by atoms with Crippen LogP contribution in [0, 0.1) is 17.1 Å². The van der Waals surface area contributed by atoms with Crippen molar-refractivity contribution in [2.75, 3.05) is 16.8 Å². The minimum Gasteiger partial charge on any atom is -0.324 e. The molecular weight excluding hydrogens is 319 g/mol. The molecule has 0 unspecified atom stereocenters. The van der Waals surface area contributed by atoms with Gasteiger partial charge in [-0.1, -0.05) is 24.3 Å². The van der Waals surface area contributed by atoms with Crippen molar-refractivity contribution >= 4 is 35.1 Å². The topological polar surface area (TPSA) is 52.9 Å². The maximum absolute atomic E-state index is 13.5. The highest BCUT2D eigenvalue weighted by atomic mass is 32.2. The molecule has 0 saturated heterocycles. The number of nitrogens with one attached hydrogen (secondary N) is 1. The Balaban J connectivity index is 1.95. The van der Waals surface area contributed by atoms with Crippen LogP contribution in [0.2, 0.25) is 0 Å². The summed E-state index contributed by atoms with van der Waals surface area (Å²) in [6.07, 6.45) is 0. The van der Waals surface area contributed by atoms with Gasteiger partial charge in [0.1, 0.15) is 5.82 Å². The Morgan fingerprint density at radius 2 is 1.77 bits per heavy atom. The summed E-state index contributed by atoms with van der Waals surface area (Å²) in [5, 5.41) is 11.4. The van der Waals surface area contributed by atoms with E-state index in [0.717, 1.165) is 16.7 Å². The summed E-state index contributed by atoms with van der Waals surface area (Å²) in [6, 6.07) is 15.7. The molecule has 0 radical (unpaired) electrons. The highest BCUT2D eigenvalue weighted by Crippen LogP contribution is 2.27. The van der Waals surface area contributed by atoms with Crippen molar-refractivity contribution in [2.24, 2.45) is 0 Å². The number of para-hydroxylation sites is 1. The standard InChI is InChI=1S/C16H13FN2OS2/c17-12-5-1-3-7-14(12)22-11-16(20)19-13-6-2-4-8-15(13)21-10-9-18/h1-8H,10-11H2,(H,19,20). The van der Waals surface area contributed by atoms with Gasteiger partial charge in [0.25, 0.3) is 0 Å². The molecule has 0 fully saturated rings. The lowest BCUT2D eigenvalue weighted by Gasteiger charge is -2.09. The van der Waals surface area contributed by atoms with Gasteiger partial charge in [-0.3, -0.25) is 4.79 Å². The predicted molar refractivity (Wildman–Crippen MR) is 88.5 cm³/mol. The first-order valence-corrected chi connectivity index (χ1v) is 8.44. The first-order valence-electron chi connectivity index (χ1n) is 6.46. The summed E-state index contributed by atoms with van der Waals surface area (Å²) in [5.74, 6) is -0.0989. The van der Waals surface area contributed by atoms with Crippen molar-refractivity contribution in [1.29, 1.82) is 5.26 Å². The molecule has 0 heterocycles. The highest BCUT2D eigenvalue weighted by Gasteiger charge is 2.09.